The average molecular weight is 271 g/mol. The van der Waals surface area contributed by atoms with Gasteiger partial charge in [-0.3, -0.25) is 9.59 Å². The maximum Gasteiger partial charge on any atom is 0.311 e. The summed E-state index contributed by atoms with van der Waals surface area (Å²) in [4.78, 5) is 24.6. The van der Waals surface area contributed by atoms with Crippen LogP contribution in [0.3, 0.4) is 0 Å². The van der Waals surface area contributed by atoms with Crippen LogP contribution in [0.25, 0.3) is 0 Å². The summed E-state index contributed by atoms with van der Waals surface area (Å²) < 4.78 is 10.8. The highest BCUT2D eigenvalue weighted by molar-refractivity contribution is 5.81. The van der Waals surface area contributed by atoms with Gasteiger partial charge in [0.15, 0.2) is 0 Å². The molecule has 0 saturated carbocycles. The number of carbonyl (C=O) groups is 2. The van der Waals surface area contributed by atoms with Crippen LogP contribution in [0.2, 0.25) is 0 Å². The van der Waals surface area contributed by atoms with E-state index in [9.17, 15) is 9.59 Å². The third-order valence-corrected chi connectivity index (χ3v) is 3.90. The number of ether oxygens (including phenoxy) is 2. The lowest BCUT2D eigenvalue weighted by molar-refractivity contribution is -0.147. The van der Waals surface area contributed by atoms with E-state index in [1.807, 2.05) is 0 Å². The molecule has 2 saturated heterocycles. The third-order valence-electron chi connectivity index (χ3n) is 3.90. The van der Waals surface area contributed by atoms with Crippen LogP contribution in [0.4, 0.5) is 0 Å². The molecule has 2 aliphatic heterocycles. The van der Waals surface area contributed by atoms with Crippen LogP contribution < -0.4 is 0 Å². The molecule has 0 aliphatic carbocycles. The van der Waals surface area contributed by atoms with E-state index in [2.05, 4.69) is 0 Å². The van der Waals surface area contributed by atoms with E-state index in [1.54, 1.807) is 11.8 Å². The van der Waals surface area contributed by atoms with Crippen LogP contribution in [0.1, 0.15) is 26.2 Å². The van der Waals surface area contributed by atoms with Crippen LogP contribution in [0.5, 0.6) is 0 Å². The van der Waals surface area contributed by atoms with Crippen molar-refractivity contribution in [1.29, 1.82) is 0 Å². The molecule has 2 aliphatic rings. The molecule has 0 aromatic rings. The molecule has 19 heavy (non-hydrogen) atoms. The first kappa shape index (κ1) is 14.3. The molecule has 0 radical (unpaired) electrons. The van der Waals surface area contributed by atoms with Gasteiger partial charge >= 0.3 is 5.97 Å². The Morgan fingerprint density at radius 3 is 2.89 bits per heavy atom. The fraction of sp³-hybridized carbons (Fsp3) is 0.846. The summed E-state index contributed by atoms with van der Waals surface area (Å²) in [7, 11) is 0. The summed E-state index contributed by atoms with van der Waals surface area (Å²) in [6.07, 6.45) is 2.63. The normalized spacial score (nSPS) is 30.8. The van der Waals surface area contributed by atoms with Crippen molar-refractivity contribution in [3.63, 3.8) is 0 Å². The monoisotopic (exact) mass is 271 g/mol. The Balaban J connectivity index is 1.70. The first-order chi connectivity index (χ1) is 9.01. The number of likely N-dealkylation sites (tertiary alicyclic amines) is 1. The minimum atomic E-state index is -0.844. The number of hydrogen-bond acceptors (Lipinski definition) is 4. The van der Waals surface area contributed by atoms with Crippen LogP contribution >= 0.6 is 0 Å². The van der Waals surface area contributed by atoms with Crippen molar-refractivity contribution in [1.82, 2.24) is 4.90 Å². The molecule has 6 heteroatoms. The summed E-state index contributed by atoms with van der Waals surface area (Å²) in [5.41, 5.74) is -0.815. The van der Waals surface area contributed by atoms with Gasteiger partial charge in [0.1, 0.15) is 6.61 Å². The Morgan fingerprint density at radius 2 is 2.32 bits per heavy atom. The second-order valence-electron chi connectivity index (χ2n) is 5.58. The van der Waals surface area contributed by atoms with E-state index in [0.717, 1.165) is 19.4 Å². The van der Waals surface area contributed by atoms with Gasteiger partial charge in [0.05, 0.1) is 18.1 Å². The molecule has 1 N–H and O–H groups in total. The molecule has 2 heterocycles. The highest BCUT2D eigenvalue weighted by Gasteiger charge is 2.42. The number of nitrogens with zero attached hydrogens (tertiary/aromatic N) is 1. The highest BCUT2D eigenvalue weighted by atomic mass is 16.5. The number of rotatable bonds is 5. The van der Waals surface area contributed by atoms with Crippen molar-refractivity contribution in [3.8, 4) is 0 Å². The quantitative estimate of drug-likeness (QED) is 0.788. The standard InChI is InChI=1S/C13H21NO5/c1-13(12(16)17)4-5-14(9-13)11(15)8-18-7-10-3-2-6-19-10/h10H,2-9H2,1H3,(H,16,17). The second-order valence-corrected chi connectivity index (χ2v) is 5.58. The first-order valence-electron chi connectivity index (χ1n) is 6.72. The van der Waals surface area contributed by atoms with Crippen molar-refractivity contribution in [2.75, 3.05) is 32.9 Å². The fourth-order valence-electron chi connectivity index (χ4n) is 2.49. The summed E-state index contributed by atoms with van der Waals surface area (Å²) in [6, 6.07) is 0. The van der Waals surface area contributed by atoms with Crippen molar-refractivity contribution in [2.45, 2.75) is 32.3 Å². The lowest BCUT2D eigenvalue weighted by Gasteiger charge is -2.20. The molecular weight excluding hydrogens is 250 g/mol. The van der Waals surface area contributed by atoms with E-state index < -0.39 is 11.4 Å². The summed E-state index contributed by atoms with van der Waals surface area (Å²) >= 11 is 0. The molecular formula is C13H21NO5. The molecule has 108 valence electrons. The molecule has 2 unspecified atom stereocenters. The summed E-state index contributed by atoms with van der Waals surface area (Å²) in [6.45, 7) is 3.65. The van der Waals surface area contributed by atoms with Crippen molar-refractivity contribution in [2.24, 2.45) is 5.41 Å². The zero-order valence-corrected chi connectivity index (χ0v) is 11.3. The third kappa shape index (κ3) is 3.45. The summed E-state index contributed by atoms with van der Waals surface area (Å²) in [5, 5.41) is 9.11. The lowest BCUT2D eigenvalue weighted by Crippen LogP contribution is -2.37. The molecule has 2 atom stereocenters. The molecule has 1 amide bonds. The maximum absolute atomic E-state index is 11.9. The zero-order valence-electron chi connectivity index (χ0n) is 11.3. The van der Waals surface area contributed by atoms with Crippen molar-refractivity contribution >= 4 is 11.9 Å². The zero-order chi connectivity index (χ0) is 13.9. The maximum atomic E-state index is 11.9. The van der Waals surface area contributed by atoms with Crippen molar-refractivity contribution < 1.29 is 24.2 Å². The number of carboxylic acid groups (broad SMARTS) is 1. The topological polar surface area (TPSA) is 76.1 Å². The Kier molecular flexibility index (Phi) is 4.42. The lowest BCUT2D eigenvalue weighted by atomic mass is 9.90. The number of carboxylic acids is 1. The SMILES string of the molecule is CC1(C(=O)O)CCN(C(=O)COCC2CCCO2)C1. The van der Waals surface area contributed by atoms with E-state index in [1.165, 1.54) is 0 Å². The molecule has 6 nitrogen and oxygen atoms in total. The molecule has 2 fully saturated rings. The van der Waals surface area contributed by atoms with E-state index in [0.29, 0.717) is 19.6 Å². The van der Waals surface area contributed by atoms with Gasteiger partial charge in [-0.25, -0.2) is 0 Å². The van der Waals surface area contributed by atoms with Gasteiger partial charge in [-0.15, -0.1) is 0 Å². The van der Waals surface area contributed by atoms with Gasteiger partial charge in [-0.1, -0.05) is 0 Å². The predicted octanol–water partition coefficient (Wildman–Crippen LogP) is 0.505. The highest BCUT2D eigenvalue weighted by Crippen LogP contribution is 2.30. The van der Waals surface area contributed by atoms with Gasteiger partial charge < -0.3 is 19.5 Å². The Morgan fingerprint density at radius 1 is 1.53 bits per heavy atom. The van der Waals surface area contributed by atoms with Crippen LogP contribution in [-0.4, -0.2) is 60.9 Å². The predicted molar refractivity (Wildman–Crippen MR) is 66.7 cm³/mol. The van der Waals surface area contributed by atoms with E-state index in [4.69, 9.17) is 14.6 Å². The molecule has 0 aromatic heterocycles. The number of carbonyl (C=O) groups excluding carboxylic acids is 1. The Labute approximate surface area is 112 Å². The van der Waals surface area contributed by atoms with Gasteiger partial charge in [0, 0.05) is 19.7 Å². The van der Waals surface area contributed by atoms with Crippen LogP contribution in [0, 0.1) is 5.41 Å². The van der Waals surface area contributed by atoms with Crippen LogP contribution in [-0.2, 0) is 19.1 Å². The Bertz CT molecular complexity index is 353. The minimum Gasteiger partial charge on any atom is -0.481 e. The second kappa shape index (κ2) is 5.88. The average Bonchev–Trinajstić information content (AvgIpc) is 2.99. The Hall–Kier alpha value is -1.14. The molecule has 2 rings (SSSR count). The number of hydrogen-bond donors (Lipinski definition) is 1. The number of amides is 1. The van der Waals surface area contributed by atoms with Gasteiger partial charge in [-0.2, -0.15) is 0 Å². The van der Waals surface area contributed by atoms with Gasteiger partial charge in [0.25, 0.3) is 0 Å². The van der Waals surface area contributed by atoms with Crippen LogP contribution in [0.15, 0.2) is 0 Å². The van der Waals surface area contributed by atoms with Gasteiger partial charge in [-0.05, 0) is 26.2 Å². The molecule has 0 spiro atoms. The van der Waals surface area contributed by atoms with E-state index >= 15 is 0 Å². The smallest absolute Gasteiger partial charge is 0.311 e. The molecule has 0 bridgehead atoms. The fourth-order valence-corrected chi connectivity index (χ4v) is 2.49. The van der Waals surface area contributed by atoms with E-state index in [-0.39, 0.29) is 25.2 Å². The molecule has 0 aromatic carbocycles. The first-order valence-corrected chi connectivity index (χ1v) is 6.72. The van der Waals surface area contributed by atoms with Crippen molar-refractivity contribution in [3.05, 3.63) is 0 Å². The number of aliphatic carboxylic acids is 1. The van der Waals surface area contributed by atoms with Gasteiger partial charge in [0.2, 0.25) is 5.91 Å². The minimum absolute atomic E-state index is 0.00948. The largest absolute Gasteiger partial charge is 0.481 e. The summed E-state index contributed by atoms with van der Waals surface area (Å²) in [5.74, 6) is -0.981.